The number of hydrogen-bond acceptors (Lipinski definition) is 3. The zero-order valence-corrected chi connectivity index (χ0v) is 4.37. The molecule has 9 heavy (non-hydrogen) atoms. The zero-order valence-electron chi connectivity index (χ0n) is 4.37. The molecule has 0 saturated heterocycles. The Hall–Kier alpha value is -1.39. The first-order valence-electron chi connectivity index (χ1n) is 2.26. The number of carboxylic acids is 1. The van der Waals surface area contributed by atoms with Gasteiger partial charge in [-0.1, -0.05) is 0 Å². The van der Waals surface area contributed by atoms with Crippen LogP contribution >= 0.6 is 0 Å². The van der Waals surface area contributed by atoms with Crippen LogP contribution in [0.4, 0.5) is 0 Å². The highest BCUT2D eigenvalue weighted by molar-refractivity contribution is 6.09. The number of carbonyl (C=O) groups is 2. The Morgan fingerprint density at radius 3 is 2.78 bits per heavy atom. The molecule has 1 amide bonds. The predicted octanol–water partition coefficient (Wildman–Crippen LogP) is -1.40. The summed E-state index contributed by atoms with van der Waals surface area (Å²) >= 11 is 0. The molecular formula is C4H4N2O3. The molecule has 0 aliphatic carbocycles. The standard InChI is InChI=1S/C4H4N2O3/c7-3-2(4(8)9)5-1-6-3/h1-2H,(H,8,9)(H,5,6,7). The quantitative estimate of drug-likeness (QED) is 0.426. The second-order valence-corrected chi connectivity index (χ2v) is 1.53. The predicted molar refractivity (Wildman–Crippen MR) is 28.1 cm³/mol. The summed E-state index contributed by atoms with van der Waals surface area (Å²) in [5.41, 5.74) is 0. The molecule has 5 nitrogen and oxygen atoms in total. The minimum Gasteiger partial charge on any atom is -0.479 e. The van der Waals surface area contributed by atoms with Gasteiger partial charge in [-0.05, 0) is 0 Å². The van der Waals surface area contributed by atoms with E-state index in [2.05, 4.69) is 10.3 Å². The van der Waals surface area contributed by atoms with Gasteiger partial charge in [-0.2, -0.15) is 0 Å². The number of nitrogens with one attached hydrogen (secondary N) is 1. The highest BCUT2D eigenvalue weighted by atomic mass is 16.4. The Morgan fingerprint density at radius 1 is 1.89 bits per heavy atom. The Morgan fingerprint density at radius 2 is 2.56 bits per heavy atom. The molecule has 48 valence electrons. The average Bonchev–Trinajstić information content (AvgIpc) is 2.13. The largest absolute Gasteiger partial charge is 0.479 e. The number of aliphatic imine (C=N–C) groups is 1. The monoisotopic (exact) mass is 128 g/mol. The van der Waals surface area contributed by atoms with E-state index in [1.807, 2.05) is 0 Å². The summed E-state index contributed by atoms with van der Waals surface area (Å²) in [6, 6.07) is -1.23. The molecule has 1 aliphatic heterocycles. The lowest BCUT2D eigenvalue weighted by atomic mass is 10.3. The van der Waals surface area contributed by atoms with Crippen molar-refractivity contribution in [2.75, 3.05) is 0 Å². The van der Waals surface area contributed by atoms with Crippen LogP contribution in [-0.4, -0.2) is 29.4 Å². The van der Waals surface area contributed by atoms with Crippen molar-refractivity contribution in [2.45, 2.75) is 6.04 Å². The van der Waals surface area contributed by atoms with Gasteiger partial charge in [-0.15, -0.1) is 0 Å². The van der Waals surface area contributed by atoms with Gasteiger partial charge < -0.3 is 10.4 Å². The van der Waals surface area contributed by atoms with Crippen molar-refractivity contribution in [3.05, 3.63) is 0 Å². The van der Waals surface area contributed by atoms with Crippen LogP contribution in [0, 0.1) is 0 Å². The molecule has 1 aliphatic rings. The minimum atomic E-state index is -1.23. The lowest BCUT2D eigenvalue weighted by Gasteiger charge is -1.93. The van der Waals surface area contributed by atoms with Crippen LogP contribution in [0.2, 0.25) is 0 Å². The van der Waals surface area contributed by atoms with E-state index in [1.54, 1.807) is 0 Å². The number of rotatable bonds is 1. The molecule has 0 radical (unpaired) electrons. The Bertz CT molecular complexity index is 186. The van der Waals surface area contributed by atoms with Crippen LogP contribution in [0.15, 0.2) is 4.99 Å². The van der Waals surface area contributed by atoms with Crippen LogP contribution in [0.1, 0.15) is 0 Å². The minimum absolute atomic E-state index is 0.581. The van der Waals surface area contributed by atoms with Crippen molar-refractivity contribution in [1.29, 1.82) is 0 Å². The van der Waals surface area contributed by atoms with E-state index in [0.29, 0.717) is 0 Å². The van der Waals surface area contributed by atoms with Crippen molar-refractivity contribution in [3.63, 3.8) is 0 Å². The fourth-order valence-electron chi connectivity index (χ4n) is 0.498. The van der Waals surface area contributed by atoms with Crippen LogP contribution in [0.3, 0.4) is 0 Å². The molecular weight excluding hydrogens is 124 g/mol. The van der Waals surface area contributed by atoms with Crippen molar-refractivity contribution >= 4 is 18.2 Å². The topological polar surface area (TPSA) is 78.8 Å². The molecule has 0 bridgehead atoms. The first-order chi connectivity index (χ1) is 4.22. The van der Waals surface area contributed by atoms with Gasteiger partial charge in [-0.3, -0.25) is 9.79 Å². The molecule has 0 fully saturated rings. The smallest absolute Gasteiger partial charge is 0.338 e. The molecule has 0 saturated carbocycles. The second kappa shape index (κ2) is 1.85. The lowest BCUT2D eigenvalue weighted by molar-refractivity contribution is -0.141. The average molecular weight is 128 g/mol. The van der Waals surface area contributed by atoms with Crippen molar-refractivity contribution in [2.24, 2.45) is 4.99 Å². The Labute approximate surface area is 50.4 Å². The maximum Gasteiger partial charge on any atom is 0.338 e. The van der Waals surface area contributed by atoms with Gasteiger partial charge in [0.2, 0.25) is 6.04 Å². The maximum atomic E-state index is 10.4. The number of hydrogen-bond donors (Lipinski definition) is 2. The first-order valence-corrected chi connectivity index (χ1v) is 2.26. The third-order valence-electron chi connectivity index (χ3n) is 0.913. The van der Waals surface area contributed by atoms with Crippen LogP contribution in [-0.2, 0) is 9.59 Å². The first kappa shape index (κ1) is 5.74. The summed E-state index contributed by atoms with van der Waals surface area (Å²) in [5, 5.41) is 10.3. The van der Waals surface area contributed by atoms with Crippen LogP contribution in [0.5, 0.6) is 0 Å². The van der Waals surface area contributed by atoms with Gasteiger partial charge in [0.05, 0.1) is 6.34 Å². The van der Waals surface area contributed by atoms with Gasteiger partial charge in [0.1, 0.15) is 0 Å². The van der Waals surface area contributed by atoms with E-state index in [9.17, 15) is 9.59 Å². The van der Waals surface area contributed by atoms with Gasteiger partial charge in [0, 0.05) is 0 Å². The van der Waals surface area contributed by atoms with E-state index in [0.717, 1.165) is 6.34 Å². The second-order valence-electron chi connectivity index (χ2n) is 1.53. The number of aliphatic carboxylic acids is 1. The number of carboxylic acid groups (broad SMARTS) is 1. The number of nitrogens with zero attached hydrogens (tertiary/aromatic N) is 1. The molecule has 0 aromatic carbocycles. The number of carbonyl (C=O) groups excluding carboxylic acids is 1. The summed E-state index contributed by atoms with van der Waals surface area (Å²) in [6.45, 7) is 0. The fraction of sp³-hybridized carbons (Fsp3) is 0.250. The summed E-state index contributed by atoms with van der Waals surface area (Å²) in [5.74, 6) is -1.80. The zero-order chi connectivity index (χ0) is 6.85. The highest BCUT2D eigenvalue weighted by Crippen LogP contribution is 1.94. The van der Waals surface area contributed by atoms with Crippen molar-refractivity contribution in [3.8, 4) is 0 Å². The Balaban J connectivity index is 2.71. The number of amides is 1. The molecule has 2 N–H and O–H groups in total. The lowest BCUT2D eigenvalue weighted by Crippen LogP contribution is -2.30. The van der Waals surface area contributed by atoms with E-state index in [1.165, 1.54) is 0 Å². The van der Waals surface area contributed by atoms with Gasteiger partial charge in [0.25, 0.3) is 5.91 Å². The third-order valence-corrected chi connectivity index (χ3v) is 0.913. The van der Waals surface area contributed by atoms with E-state index in [-0.39, 0.29) is 0 Å². The Kier molecular flexibility index (Phi) is 1.18. The fourth-order valence-corrected chi connectivity index (χ4v) is 0.498. The molecule has 5 heteroatoms. The molecule has 0 aromatic rings. The molecule has 0 spiro atoms. The van der Waals surface area contributed by atoms with Gasteiger partial charge in [-0.25, -0.2) is 4.79 Å². The van der Waals surface area contributed by atoms with E-state index in [4.69, 9.17) is 5.11 Å². The van der Waals surface area contributed by atoms with Gasteiger partial charge >= 0.3 is 5.97 Å². The molecule has 0 aromatic heterocycles. The van der Waals surface area contributed by atoms with Gasteiger partial charge in [0.15, 0.2) is 0 Å². The molecule has 1 atom stereocenters. The van der Waals surface area contributed by atoms with Crippen molar-refractivity contribution < 1.29 is 14.7 Å². The maximum absolute atomic E-state index is 10.4. The SMILES string of the molecule is O=C(O)C1N=CNC1=O. The molecule has 1 rings (SSSR count). The highest BCUT2D eigenvalue weighted by Gasteiger charge is 2.27. The van der Waals surface area contributed by atoms with E-state index >= 15 is 0 Å². The third kappa shape index (κ3) is 0.883. The molecule has 1 unspecified atom stereocenters. The summed E-state index contributed by atoms with van der Waals surface area (Å²) in [6.07, 6.45) is 1.08. The molecule has 1 heterocycles. The normalized spacial score (nSPS) is 24.0. The van der Waals surface area contributed by atoms with Crippen molar-refractivity contribution in [1.82, 2.24) is 5.32 Å². The van der Waals surface area contributed by atoms with Crippen LogP contribution < -0.4 is 5.32 Å². The van der Waals surface area contributed by atoms with Crippen LogP contribution in [0.25, 0.3) is 0 Å². The summed E-state index contributed by atoms with van der Waals surface area (Å²) < 4.78 is 0. The summed E-state index contributed by atoms with van der Waals surface area (Å²) in [7, 11) is 0. The summed E-state index contributed by atoms with van der Waals surface area (Å²) in [4.78, 5) is 23.8. The van der Waals surface area contributed by atoms with E-state index < -0.39 is 17.9 Å².